The number of piperidine rings is 1. The normalized spacial score (nSPS) is 37.0. The standard InChI is InChI=1S/C24H31N3O5/c1-15-24(31)8-7-23(20(29)25-21(30)26-23)14-22(24,9-10-27(15)12-16-3-4-16)19-11-18(32-2)6-5-17(19)13-28/h5-6,11,13,15-16,31H,3-4,7-10,12,14H2,1-2H3,(H2,25,26,29,30)/t15-,22-,23+,24-/m1/s1. The molecule has 0 bridgehead atoms. The van der Waals surface area contributed by atoms with Crippen molar-refractivity contribution in [3.63, 3.8) is 0 Å². The molecule has 0 unspecified atom stereocenters. The molecule has 32 heavy (non-hydrogen) atoms. The maximum Gasteiger partial charge on any atom is 0.322 e. The molecule has 2 saturated carbocycles. The van der Waals surface area contributed by atoms with Gasteiger partial charge < -0.3 is 15.2 Å². The highest BCUT2D eigenvalue weighted by atomic mass is 16.5. The molecule has 0 aromatic heterocycles. The molecule has 8 nitrogen and oxygen atoms in total. The predicted molar refractivity (Wildman–Crippen MR) is 117 cm³/mol. The second-order valence-corrected chi connectivity index (χ2v) is 10.1. The molecule has 1 aromatic rings. The second kappa shape index (κ2) is 7.28. The molecule has 172 valence electrons. The lowest BCUT2D eigenvalue weighted by Gasteiger charge is -2.62. The number of carbonyl (C=O) groups is 3. The molecule has 3 N–H and O–H groups in total. The fraction of sp³-hybridized carbons (Fsp3) is 0.625. The van der Waals surface area contributed by atoms with Crippen molar-refractivity contribution in [1.82, 2.24) is 15.5 Å². The first kappa shape index (κ1) is 21.4. The Morgan fingerprint density at radius 2 is 2.03 bits per heavy atom. The van der Waals surface area contributed by atoms with E-state index in [2.05, 4.69) is 22.5 Å². The zero-order valence-corrected chi connectivity index (χ0v) is 18.6. The van der Waals surface area contributed by atoms with Gasteiger partial charge in [-0.2, -0.15) is 0 Å². The van der Waals surface area contributed by atoms with Gasteiger partial charge in [0.1, 0.15) is 17.6 Å². The molecule has 1 spiro atoms. The highest BCUT2D eigenvalue weighted by molar-refractivity contribution is 6.07. The highest BCUT2D eigenvalue weighted by Gasteiger charge is 2.67. The van der Waals surface area contributed by atoms with Gasteiger partial charge in [-0.05, 0) is 81.7 Å². The van der Waals surface area contributed by atoms with Gasteiger partial charge in [-0.3, -0.25) is 19.8 Å². The molecule has 2 aliphatic carbocycles. The van der Waals surface area contributed by atoms with E-state index in [9.17, 15) is 19.5 Å². The van der Waals surface area contributed by atoms with E-state index in [1.807, 2.05) is 6.07 Å². The van der Waals surface area contributed by atoms with Gasteiger partial charge in [0.15, 0.2) is 0 Å². The molecule has 2 heterocycles. The topological polar surface area (TPSA) is 108 Å². The summed E-state index contributed by atoms with van der Waals surface area (Å²) in [7, 11) is 1.57. The first-order chi connectivity index (χ1) is 15.3. The number of amides is 3. The Balaban J connectivity index is 1.65. The van der Waals surface area contributed by atoms with Crippen LogP contribution >= 0.6 is 0 Å². The lowest BCUT2D eigenvalue weighted by Crippen LogP contribution is -2.73. The number of nitrogens with zero attached hydrogens (tertiary/aromatic N) is 1. The number of imide groups is 1. The van der Waals surface area contributed by atoms with E-state index >= 15 is 0 Å². The average molecular weight is 442 g/mol. The molecule has 0 radical (unpaired) electrons. The first-order valence-corrected chi connectivity index (χ1v) is 11.5. The average Bonchev–Trinajstić information content (AvgIpc) is 3.56. The minimum Gasteiger partial charge on any atom is -0.497 e. The lowest BCUT2D eigenvalue weighted by molar-refractivity contribution is -0.170. The molecule has 4 atom stereocenters. The van der Waals surface area contributed by atoms with Gasteiger partial charge in [0, 0.05) is 23.6 Å². The van der Waals surface area contributed by atoms with Gasteiger partial charge in [-0.25, -0.2) is 4.79 Å². The Morgan fingerprint density at radius 1 is 1.25 bits per heavy atom. The third-order valence-electron chi connectivity index (χ3n) is 8.54. The number of methoxy groups -OCH3 is 1. The van der Waals surface area contributed by atoms with Gasteiger partial charge in [0.05, 0.1) is 12.7 Å². The van der Waals surface area contributed by atoms with Crippen LogP contribution in [0.5, 0.6) is 5.75 Å². The van der Waals surface area contributed by atoms with Crippen LogP contribution in [-0.2, 0) is 10.2 Å². The summed E-state index contributed by atoms with van der Waals surface area (Å²) in [6, 6.07) is 4.62. The van der Waals surface area contributed by atoms with E-state index < -0.39 is 22.6 Å². The number of aliphatic hydroxyl groups is 1. The van der Waals surface area contributed by atoms with E-state index in [0.29, 0.717) is 42.1 Å². The van der Waals surface area contributed by atoms with Gasteiger partial charge in [-0.15, -0.1) is 0 Å². The molecule has 3 amide bonds. The Labute approximate surface area is 187 Å². The smallest absolute Gasteiger partial charge is 0.322 e. The summed E-state index contributed by atoms with van der Waals surface area (Å²) in [5.74, 6) is 0.924. The number of rotatable bonds is 5. The Morgan fingerprint density at radius 3 is 2.66 bits per heavy atom. The SMILES string of the molecule is COc1ccc(C=O)c([C@]23CCN(CC4CC4)[C@H](C)[C@]2(O)CC[C@@]2(C3)NC(=O)NC2=O)c1. The molecular formula is C24H31N3O5. The van der Waals surface area contributed by atoms with E-state index in [1.54, 1.807) is 19.2 Å². The van der Waals surface area contributed by atoms with Crippen LogP contribution in [0.4, 0.5) is 4.79 Å². The number of urea groups is 1. The number of carbonyl (C=O) groups excluding carboxylic acids is 3. The summed E-state index contributed by atoms with van der Waals surface area (Å²) in [5.41, 5.74) is -1.97. The fourth-order valence-corrected chi connectivity index (χ4v) is 6.50. The lowest BCUT2D eigenvalue weighted by atomic mass is 9.49. The summed E-state index contributed by atoms with van der Waals surface area (Å²) < 4.78 is 5.46. The molecule has 2 aliphatic heterocycles. The van der Waals surface area contributed by atoms with Crippen molar-refractivity contribution < 1.29 is 24.2 Å². The summed E-state index contributed by atoms with van der Waals surface area (Å²) in [6.07, 6.45) is 4.78. The van der Waals surface area contributed by atoms with Gasteiger partial charge in [0.25, 0.3) is 5.91 Å². The number of nitrogens with one attached hydrogen (secondary N) is 2. The second-order valence-electron chi connectivity index (χ2n) is 10.1. The Bertz CT molecular complexity index is 978. The van der Waals surface area contributed by atoms with Crippen molar-refractivity contribution in [2.24, 2.45) is 5.92 Å². The minimum absolute atomic E-state index is 0.153. The highest BCUT2D eigenvalue weighted by Crippen LogP contribution is 2.58. The quantitative estimate of drug-likeness (QED) is 0.475. The van der Waals surface area contributed by atoms with Gasteiger partial charge in [-0.1, -0.05) is 0 Å². The summed E-state index contributed by atoms with van der Waals surface area (Å²) in [5, 5.41) is 17.6. The Hall–Kier alpha value is -2.45. The number of aldehydes is 1. The maximum atomic E-state index is 12.9. The zero-order chi connectivity index (χ0) is 22.7. The van der Waals surface area contributed by atoms with Crippen LogP contribution in [0.2, 0.25) is 0 Å². The van der Waals surface area contributed by atoms with E-state index in [1.165, 1.54) is 12.8 Å². The van der Waals surface area contributed by atoms with Gasteiger partial charge >= 0.3 is 6.03 Å². The number of hydrogen-bond donors (Lipinski definition) is 3. The van der Waals surface area contributed by atoms with Crippen LogP contribution in [0.15, 0.2) is 18.2 Å². The summed E-state index contributed by atoms with van der Waals surface area (Å²) >= 11 is 0. The van der Waals surface area contributed by atoms with Crippen molar-refractivity contribution in [3.8, 4) is 5.75 Å². The van der Waals surface area contributed by atoms with Gasteiger partial charge in [0.2, 0.25) is 0 Å². The van der Waals surface area contributed by atoms with Crippen LogP contribution < -0.4 is 15.4 Å². The van der Waals surface area contributed by atoms with Crippen LogP contribution in [0.3, 0.4) is 0 Å². The fourth-order valence-electron chi connectivity index (χ4n) is 6.50. The van der Waals surface area contributed by atoms with Crippen molar-refractivity contribution in [2.45, 2.75) is 68.0 Å². The van der Waals surface area contributed by atoms with E-state index in [4.69, 9.17) is 4.74 Å². The predicted octanol–water partition coefficient (Wildman–Crippen LogP) is 1.74. The number of benzene rings is 1. The molecule has 4 aliphatic rings. The molecule has 2 saturated heterocycles. The third kappa shape index (κ3) is 2.99. The molecule has 8 heteroatoms. The number of ether oxygens (including phenoxy) is 1. The maximum absolute atomic E-state index is 12.9. The first-order valence-electron chi connectivity index (χ1n) is 11.5. The van der Waals surface area contributed by atoms with Crippen LogP contribution in [0.25, 0.3) is 0 Å². The molecular weight excluding hydrogens is 410 g/mol. The largest absolute Gasteiger partial charge is 0.497 e. The summed E-state index contributed by atoms with van der Waals surface area (Å²) in [4.78, 5) is 39.5. The number of fused-ring (bicyclic) bond motifs is 1. The number of likely N-dealkylation sites (tertiary alicyclic amines) is 1. The van der Waals surface area contributed by atoms with Crippen LogP contribution in [0.1, 0.15) is 61.4 Å². The molecule has 1 aromatic carbocycles. The van der Waals surface area contributed by atoms with Crippen molar-refractivity contribution in [3.05, 3.63) is 29.3 Å². The van der Waals surface area contributed by atoms with Crippen LogP contribution in [0, 0.1) is 5.92 Å². The molecule has 5 rings (SSSR count). The van der Waals surface area contributed by atoms with E-state index in [-0.39, 0.29) is 18.4 Å². The van der Waals surface area contributed by atoms with Crippen molar-refractivity contribution in [2.75, 3.05) is 20.2 Å². The Kier molecular flexibility index (Phi) is 4.87. The summed E-state index contributed by atoms with van der Waals surface area (Å²) in [6.45, 7) is 3.77. The molecule has 4 fully saturated rings. The minimum atomic E-state index is -1.16. The van der Waals surface area contributed by atoms with Crippen molar-refractivity contribution >= 4 is 18.2 Å². The van der Waals surface area contributed by atoms with Crippen molar-refractivity contribution in [1.29, 1.82) is 0 Å². The zero-order valence-electron chi connectivity index (χ0n) is 18.6. The monoisotopic (exact) mass is 441 g/mol. The van der Waals surface area contributed by atoms with E-state index in [0.717, 1.165) is 19.4 Å². The number of hydrogen-bond acceptors (Lipinski definition) is 6. The third-order valence-corrected chi connectivity index (χ3v) is 8.54. The van der Waals surface area contributed by atoms with Crippen LogP contribution in [-0.4, -0.2) is 65.6 Å².